The van der Waals surface area contributed by atoms with Gasteiger partial charge in [0.15, 0.2) is 0 Å². The lowest BCUT2D eigenvalue weighted by atomic mass is 10.1. The highest BCUT2D eigenvalue weighted by Gasteiger charge is 2.18. The zero-order chi connectivity index (χ0) is 15.4. The summed E-state index contributed by atoms with van der Waals surface area (Å²) in [6, 6.07) is 0. The topological polar surface area (TPSA) is 57.6 Å². The molecule has 0 aromatic heterocycles. The molecule has 0 spiro atoms. The van der Waals surface area contributed by atoms with Crippen LogP contribution in [0.3, 0.4) is 0 Å². The van der Waals surface area contributed by atoms with Gasteiger partial charge in [-0.2, -0.15) is 0 Å². The average Bonchev–Trinajstić information content (AvgIpc) is 2.43. The summed E-state index contributed by atoms with van der Waals surface area (Å²) in [5.41, 5.74) is 0. The van der Waals surface area contributed by atoms with Crippen molar-refractivity contribution in [2.24, 2.45) is 5.92 Å². The first-order chi connectivity index (χ1) is 9.52. The standard InChI is InChI=1S/C16H31NO3/c1-4-6-7-8-9-10-11-12-15(18)17(5-2)13-14(3)16(19)20/h14H,4-13H2,1-3H3,(H,19,20). The van der Waals surface area contributed by atoms with Crippen LogP contribution in [0.15, 0.2) is 0 Å². The van der Waals surface area contributed by atoms with Crippen molar-refractivity contribution in [2.75, 3.05) is 13.1 Å². The highest BCUT2D eigenvalue weighted by atomic mass is 16.4. The zero-order valence-electron chi connectivity index (χ0n) is 13.4. The molecular weight excluding hydrogens is 254 g/mol. The maximum Gasteiger partial charge on any atom is 0.308 e. The van der Waals surface area contributed by atoms with Crippen molar-refractivity contribution < 1.29 is 14.7 Å². The van der Waals surface area contributed by atoms with E-state index in [-0.39, 0.29) is 5.91 Å². The van der Waals surface area contributed by atoms with E-state index in [4.69, 9.17) is 5.11 Å². The molecule has 0 heterocycles. The highest BCUT2D eigenvalue weighted by molar-refractivity contribution is 5.77. The molecule has 1 amide bonds. The zero-order valence-corrected chi connectivity index (χ0v) is 13.4. The van der Waals surface area contributed by atoms with Gasteiger partial charge >= 0.3 is 5.97 Å². The number of hydrogen-bond donors (Lipinski definition) is 1. The maximum atomic E-state index is 12.0. The van der Waals surface area contributed by atoms with Gasteiger partial charge in [0.1, 0.15) is 0 Å². The van der Waals surface area contributed by atoms with Gasteiger partial charge in [0.2, 0.25) is 5.91 Å². The summed E-state index contributed by atoms with van der Waals surface area (Å²) in [6.07, 6.45) is 8.88. The molecule has 1 unspecified atom stereocenters. The largest absolute Gasteiger partial charge is 0.481 e. The van der Waals surface area contributed by atoms with E-state index in [1.807, 2.05) is 6.92 Å². The summed E-state index contributed by atoms with van der Waals surface area (Å²) in [7, 11) is 0. The summed E-state index contributed by atoms with van der Waals surface area (Å²) in [5.74, 6) is -1.24. The van der Waals surface area contributed by atoms with Gasteiger partial charge in [-0.25, -0.2) is 0 Å². The lowest BCUT2D eigenvalue weighted by Gasteiger charge is -2.22. The molecule has 0 aromatic rings. The Labute approximate surface area is 123 Å². The van der Waals surface area contributed by atoms with E-state index in [2.05, 4.69) is 6.92 Å². The summed E-state index contributed by atoms with van der Waals surface area (Å²) in [6.45, 7) is 6.66. The summed E-state index contributed by atoms with van der Waals surface area (Å²) >= 11 is 0. The second kappa shape index (κ2) is 11.7. The van der Waals surface area contributed by atoms with Crippen molar-refractivity contribution in [1.82, 2.24) is 4.90 Å². The number of carbonyl (C=O) groups excluding carboxylic acids is 1. The van der Waals surface area contributed by atoms with E-state index in [0.29, 0.717) is 19.5 Å². The van der Waals surface area contributed by atoms with Crippen LogP contribution < -0.4 is 0 Å². The Bertz CT molecular complexity index is 279. The minimum absolute atomic E-state index is 0.0918. The molecule has 0 bridgehead atoms. The van der Waals surface area contributed by atoms with Crippen LogP contribution in [-0.2, 0) is 9.59 Å². The minimum atomic E-state index is -0.841. The van der Waals surface area contributed by atoms with Crippen LogP contribution in [0.4, 0.5) is 0 Å². The molecular formula is C16H31NO3. The SMILES string of the molecule is CCCCCCCCCC(=O)N(CC)CC(C)C(=O)O. The molecule has 1 N–H and O–H groups in total. The number of amides is 1. The molecule has 20 heavy (non-hydrogen) atoms. The molecule has 1 atom stereocenters. The second-order valence-electron chi connectivity index (χ2n) is 5.54. The fraction of sp³-hybridized carbons (Fsp3) is 0.875. The van der Waals surface area contributed by atoms with Crippen molar-refractivity contribution in [3.63, 3.8) is 0 Å². The maximum absolute atomic E-state index is 12.0. The lowest BCUT2D eigenvalue weighted by molar-refractivity contribution is -0.143. The smallest absolute Gasteiger partial charge is 0.308 e. The van der Waals surface area contributed by atoms with Gasteiger partial charge in [-0.1, -0.05) is 52.4 Å². The van der Waals surface area contributed by atoms with Crippen molar-refractivity contribution in [2.45, 2.75) is 72.1 Å². The third kappa shape index (κ3) is 8.94. The molecule has 0 aromatic carbocycles. The van der Waals surface area contributed by atoms with Crippen LogP contribution in [0.1, 0.15) is 72.1 Å². The van der Waals surface area contributed by atoms with Gasteiger partial charge in [0, 0.05) is 19.5 Å². The minimum Gasteiger partial charge on any atom is -0.481 e. The summed E-state index contributed by atoms with van der Waals surface area (Å²) in [4.78, 5) is 24.5. The van der Waals surface area contributed by atoms with Gasteiger partial charge in [-0.3, -0.25) is 9.59 Å². The van der Waals surface area contributed by atoms with Crippen molar-refractivity contribution in [3.8, 4) is 0 Å². The number of aliphatic carboxylic acids is 1. The molecule has 118 valence electrons. The number of carbonyl (C=O) groups is 2. The third-order valence-corrected chi connectivity index (χ3v) is 3.64. The molecule has 0 aliphatic heterocycles. The van der Waals surface area contributed by atoms with E-state index in [0.717, 1.165) is 12.8 Å². The van der Waals surface area contributed by atoms with Gasteiger partial charge < -0.3 is 10.0 Å². The monoisotopic (exact) mass is 285 g/mol. The van der Waals surface area contributed by atoms with Crippen LogP contribution >= 0.6 is 0 Å². The first-order valence-electron chi connectivity index (χ1n) is 8.03. The van der Waals surface area contributed by atoms with Crippen LogP contribution in [-0.4, -0.2) is 35.0 Å². The van der Waals surface area contributed by atoms with E-state index < -0.39 is 11.9 Å². The van der Waals surface area contributed by atoms with Crippen LogP contribution in [0, 0.1) is 5.92 Å². The van der Waals surface area contributed by atoms with Crippen molar-refractivity contribution in [1.29, 1.82) is 0 Å². The Morgan fingerprint density at radius 1 is 1.00 bits per heavy atom. The predicted molar refractivity (Wildman–Crippen MR) is 81.7 cm³/mol. The van der Waals surface area contributed by atoms with E-state index in [9.17, 15) is 9.59 Å². The Morgan fingerprint density at radius 2 is 1.55 bits per heavy atom. The highest BCUT2D eigenvalue weighted by Crippen LogP contribution is 2.10. The van der Waals surface area contributed by atoms with Crippen molar-refractivity contribution in [3.05, 3.63) is 0 Å². The molecule has 0 aliphatic carbocycles. The Hall–Kier alpha value is -1.06. The number of carboxylic acids is 1. The fourth-order valence-electron chi connectivity index (χ4n) is 2.21. The molecule has 0 saturated carbocycles. The van der Waals surface area contributed by atoms with E-state index >= 15 is 0 Å². The van der Waals surface area contributed by atoms with Gasteiger partial charge in [-0.15, -0.1) is 0 Å². The van der Waals surface area contributed by atoms with Gasteiger partial charge in [-0.05, 0) is 13.3 Å². The second-order valence-corrected chi connectivity index (χ2v) is 5.54. The number of unbranched alkanes of at least 4 members (excludes halogenated alkanes) is 6. The Kier molecular flexibility index (Phi) is 11.1. The Balaban J connectivity index is 3.79. The molecule has 0 rings (SSSR count). The molecule has 0 radical (unpaired) electrons. The number of hydrogen-bond acceptors (Lipinski definition) is 2. The normalized spacial score (nSPS) is 12.2. The van der Waals surface area contributed by atoms with Crippen LogP contribution in [0.5, 0.6) is 0 Å². The number of rotatable bonds is 12. The van der Waals surface area contributed by atoms with Gasteiger partial charge in [0.25, 0.3) is 0 Å². The predicted octanol–water partition coefficient (Wildman–Crippen LogP) is 3.70. The number of nitrogens with zero attached hydrogens (tertiary/aromatic N) is 1. The van der Waals surface area contributed by atoms with Crippen LogP contribution in [0.25, 0.3) is 0 Å². The molecule has 0 fully saturated rings. The number of carboxylic acid groups (broad SMARTS) is 1. The van der Waals surface area contributed by atoms with Gasteiger partial charge in [0.05, 0.1) is 5.92 Å². The molecule has 0 saturated heterocycles. The van der Waals surface area contributed by atoms with Crippen molar-refractivity contribution >= 4 is 11.9 Å². The van der Waals surface area contributed by atoms with Crippen LogP contribution in [0.2, 0.25) is 0 Å². The molecule has 4 heteroatoms. The quantitative estimate of drug-likeness (QED) is 0.556. The Morgan fingerprint density at radius 3 is 2.05 bits per heavy atom. The van der Waals surface area contributed by atoms with E-state index in [1.54, 1.807) is 11.8 Å². The summed E-state index contributed by atoms with van der Waals surface area (Å²) in [5, 5.41) is 8.89. The van der Waals surface area contributed by atoms with E-state index in [1.165, 1.54) is 32.1 Å². The first kappa shape index (κ1) is 18.9. The molecule has 0 aliphatic rings. The lowest BCUT2D eigenvalue weighted by Crippen LogP contribution is -2.36. The molecule has 4 nitrogen and oxygen atoms in total. The third-order valence-electron chi connectivity index (χ3n) is 3.64. The average molecular weight is 285 g/mol. The first-order valence-corrected chi connectivity index (χ1v) is 8.03. The summed E-state index contributed by atoms with van der Waals surface area (Å²) < 4.78 is 0. The fourth-order valence-corrected chi connectivity index (χ4v) is 2.21.